The monoisotopic (exact) mass is 285 g/mol. The second kappa shape index (κ2) is 5.89. The van der Waals surface area contributed by atoms with Crippen LogP contribution in [0.25, 0.3) is 0 Å². The molecule has 0 N–H and O–H groups in total. The topological polar surface area (TPSA) is 46.1 Å². The number of hydrogen-bond donors (Lipinski definition) is 0. The van der Waals surface area contributed by atoms with E-state index in [-0.39, 0.29) is 11.1 Å². The number of piperidine rings is 1. The van der Waals surface area contributed by atoms with Crippen molar-refractivity contribution in [2.24, 2.45) is 5.92 Å². The third kappa shape index (κ3) is 2.95. The molecule has 1 saturated heterocycles. The van der Waals surface area contributed by atoms with Crippen molar-refractivity contribution in [1.82, 2.24) is 14.9 Å². The van der Waals surface area contributed by atoms with E-state index in [1.165, 1.54) is 18.0 Å². The molecule has 0 atom stereocenters. The second-order valence-electron chi connectivity index (χ2n) is 4.54. The lowest BCUT2D eigenvalue weighted by atomic mass is 9.99. The Morgan fingerprint density at radius 2 is 2.17 bits per heavy atom. The van der Waals surface area contributed by atoms with Crippen LogP contribution in [-0.2, 0) is 0 Å². The van der Waals surface area contributed by atoms with Gasteiger partial charge in [-0.1, -0.05) is 30.3 Å². The van der Waals surface area contributed by atoms with E-state index in [1.807, 2.05) is 11.2 Å². The number of rotatable bonds is 2. The number of amides is 1. The average molecular weight is 286 g/mol. The first-order chi connectivity index (χ1) is 8.61. The normalized spacial score (nSPS) is 16.9. The Labute approximate surface area is 116 Å². The number of halogens is 1. The van der Waals surface area contributed by atoms with Crippen molar-refractivity contribution in [2.45, 2.75) is 24.9 Å². The first kappa shape index (κ1) is 13.6. The molecule has 2 rings (SSSR count). The highest BCUT2D eigenvalue weighted by molar-refractivity contribution is 7.98. The third-order valence-corrected chi connectivity index (χ3v) is 4.05. The SMILES string of the molecule is CSc1ncc(C(=O)N2CCC(C)CC2)c(Cl)n1. The molecule has 1 aromatic rings. The lowest BCUT2D eigenvalue weighted by molar-refractivity contribution is 0.0696. The molecule has 1 aromatic heterocycles. The molecule has 0 saturated carbocycles. The summed E-state index contributed by atoms with van der Waals surface area (Å²) >= 11 is 7.45. The van der Waals surface area contributed by atoms with E-state index < -0.39 is 0 Å². The molecule has 4 nitrogen and oxygen atoms in total. The summed E-state index contributed by atoms with van der Waals surface area (Å²) in [6, 6.07) is 0. The maximum Gasteiger partial charge on any atom is 0.258 e. The fourth-order valence-electron chi connectivity index (χ4n) is 1.97. The average Bonchev–Trinajstić information content (AvgIpc) is 2.38. The number of carbonyl (C=O) groups is 1. The van der Waals surface area contributed by atoms with Crippen molar-refractivity contribution in [2.75, 3.05) is 19.3 Å². The minimum atomic E-state index is -0.0560. The van der Waals surface area contributed by atoms with Crippen LogP contribution >= 0.6 is 23.4 Å². The van der Waals surface area contributed by atoms with Gasteiger partial charge >= 0.3 is 0 Å². The molecule has 0 bridgehead atoms. The van der Waals surface area contributed by atoms with Crippen LogP contribution in [0.2, 0.25) is 5.15 Å². The first-order valence-electron chi connectivity index (χ1n) is 5.97. The van der Waals surface area contributed by atoms with Crippen molar-refractivity contribution in [3.8, 4) is 0 Å². The Morgan fingerprint density at radius 3 is 2.72 bits per heavy atom. The van der Waals surface area contributed by atoms with Crippen LogP contribution in [0.3, 0.4) is 0 Å². The number of likely N-dealkylation sites (tertiary alicyclic amines) is 1. The summed E-state index contributed by atoms with van der Waals surface area (Å²) in [7, 11) is 0. The summed E-state index contributed by atoms with van der Waals surface area (Å²) in [4.78, 5) is 22.3. The van der Waals surface area contributed by atoms with Gasteiger partial charge in [-0.2, -0.15) is 0 Å². The van der Waals surface area contributed by atoms with Crippen LogP contribution < -0.4 is 0 Å². The van der Waals surface area contributed by atoms with Crippen LogP contribution in [0.15, 0.2) is 11.4 Å². The van der Waals surface area contributed by atoms with Crippen LogP contribution in [0.1, 0.15) is 30.1 Å². The molecule has 1 aliphatic rings. The molecule has 1 aliphatic heterocycles. The van der Waals surface area contributed by atoms with Gasteiger partial charge in [0.05, 0.1) is 5.56 Å². The highest BCUT2D eigenvalue weighted by Crippen LogP contribution is 2.22. The Balaban J connectivity index is 2.13. The summed E-state index contributed by atoms with van der Waals surface area (Å²) in [6.45, 7) is 3.80. The summed E-state index contributed by atoms with van der Waals surface area (Å²) in [5, 5.41) is 0.835. The first-order valence-corrected chi connectivity index (χ1v) is 7.58. The van der Waals surface area contributed by atoms with Gasteiger partial charge in [0, 0.05) is 19.3 Å². The van der Waals surface area contributed by atoms with Crippen molar-refractivity contribution < 1.29 is 4.79 Å². The van der Waals surface area contributed by atoms with E-state index in [4.69, 9.17) is 11.6 Å². The highest BCUT2D eigenvalue weighted by atomic mass is 35.5. The third-order valence-electron chi connectivity index (χ3n) is 3.20. The van der Waals surface area contributed by atoms with Gasteiger partial charge in [-0.25, -0.2) is 9.97 Å². The summed E-state index contributed by atoms with van der Waals surface area (Å²) in [5.41, 5.74) is 0.406. The maximum atomic E-state index is 12.3. The standard InChI is InChI=1S/C12H16ClN3OS/c1-8-3-5-16(6-4-8)11(17)9-7-14-12(18-2)15-10(9)13/h7-8H,3-6H2,1-2H3. The molecule has 1 amide bonds. The van der Waals surface area contributed by atoms with Gasteiger partial charge in [-0.05, 0) is 25.0 Å². The van der Waals surface area contributed by atoms with Crippen molar-refractivity contribution in [3.63, 3.8) is 0 Å². The number of nitrogens with zero attached hydrogens (tertiary/aromatic N) is 3. The largest absolute Gasteiger partial charge is 0.338 e. The minimum Gasteiger partial charge on any atom is -0.338 e. The van der Waals surface area contributed by atoms with Gasteiger partial charge in [0.2, 0.25) is 0 Å². The molecule has 0 radical (unpaired) electrons. The molecule has 0 spiro atoms. The molecule has 6 heteroatoms. The number of carbonyl (C=O) groups excluding carboxylic acids is 1. The summed E-state index contributed by atoms with van der Waals surface area (Å²) < 4.78 is 0. The highest BCUT2D eigenvalue weighted by Gasteiger charge is 2.23. The summed E-state index contributed by atoms with van der Waals surface area (Å²) in [5.74, 6) is 0.638. The molecule has 0 aromatic carbocycles. The smallest absolute Gasteiger partial charge is 0.258 e. The van der Waals surface area contributed by atoms with E-state index >= 15 is 0 Å². The van der Waals surface area contributed by atoms with Crippen LogP contribution in [0.4, 0.5) is 0 Å². The Kier molecular flexibility index (Phi) is 4.45. The molecule has 18 heavy (non-hydrogen) atoms. The van der Waals surface area contributed by atoms with Crippen molar-refractivity contribution in [3.05, 3.63) is 16.9 Å². The minimum absolute atomic E-state index is 0.0560. The maximum absolute atomic E-state index is 12.3. The fraction of sp³-hybridized carbons (Fsp3) is 0.583. The van der Waals surface area contributed by atoms with E-state index in [2.05, 4.69) is 16.9 Å². The van der Waals surface area contributed by atoms with Gasteiger partial charge in [0.15, 0.2) is 5.16 Å². The van der Waals surface area contributed by atoms with Crippen molar-refractivity contribution in [1.29, 1.82) is 0 Å². The second-order valence-corrected chi connectivity index (χ2v) is 5.67. The Hall–Kier alpha value is -0.810. The van der Waals surface area contributed by atoms with E-state index in [0.717, 1.165) is 25.9 Å². The predicted octanol–water partition coefficient (Wildman–Crippen LogP) is 2.72. The zero-order valence-electron chi connectivity index (χ0n) is 10.5. The lowest BCUT2D eigenvalue weighted by Gasteiger charge is -2.30. The molecular formula is C12H16ClN3OS. The Morgan fingerprint density at radius 1 is 1.50 bits per heavy atom. The van der Waals surface area contributed by atoms with Gasteiger partial charge in [0.1, 0.15) is 5.15 Å². The van der Waals surface area contributed by atoms with Gasteiger partial charge in [-0.3, -0.25) is 4.79 Å². The zero-order chi connectivity index (χ0) is 13.1. The van der Waals surface area contributed by atoms with Gasteiger partial charge in [-0.15, -0.1) is 0 Å². The van der Waals surface area contributed by atoms with E-state index in [1.54, 1.807) is 0 Å². The van der Waals surface area contributed by atoms with Crippen molar-refractivity contribution >= 4 is 29.3 Å². The van der Waals surface area contributed by atoms with Crippen LogP contribution in [0, 0.1) is 5.92 Å². The Bertz CT molecular complexity index is 447. The number of hydrogen-bond acceptors (Lipinski definition) is 4. The molecule has 2 heterocycles. The molecule has 98 valence electrons. The van der Waals surface area contributed by atoms with Crippen LogP contribution in [0.5, 0.6) is 0 Å². The molecule has 1 fully saturated rings. The number of thioether (sulfide) groups is 1. The van der Waals surface area contributed by atoms with E-state index in [9.17, 15) is 4.79 Å². The lowest BCUT2D eigenvalue weighted by Crippen LogP contribution is -2.38. The van der Waals surface area contributed by atoms with Crippen LogP contribution in [-0.4, -0.2) is 40.1 Å². The van der Waals surface area contributed by atoms with Gasteiger partial charge in [0.25, 0.3) is 5.91 Å². The quantitative estimate of drug-likeness (QED) is 0.476. The zero-order valence-corrected chi connectivity index (χ0v) is 12.1. The molecule has 0 unspecified atom stereocenters. The number of aromatic nitrogens is 2. The fourth-order valence-corrected chi connectivity index (χ4v) is 2.57. The molecular weight excluding hydrogens is 270 g/mol. The van der Waals surface area contributed by atoms with E-state index in [0.29, 0.717) is 16.6 Å². The predicted molar refractivity (Wildman–Crippen MR) is 73.1 cm³/mol. The van der Waals surface area contributed by atoms with Gasteiger partial charge < -0.3 is 4.90 Å². The summed E-state index contributed by atoms with van der Waals surface area (Å²) in [6.07, 6.45) is 5.50. The molecule has 0 aliphatic carbocycles.